The summed E-state index contributed by atoms with van der Waals surface area (Å²) in [6, 6.07) is 4.19. The van der Waals surface area contributed by atoms with Gasteiger partial charge >= 0.3 is 0 Å². The van der Waals surface area contributed by atoms with Crippen molar-refractivity contribution in [1.29, 1.82) is 10.5 Å². The number of hydrogen-bond acceptors (Lipinski definition) is 2. The molecule has 0 aliphatic heterocycles. The summed E-state index contributed by atoms with van der Waals surface area (Å²) < 4.78 is 2.10. The van der Waals surface area contributed by atoms with Crippen LogP contribution in [0.2, 0.25) is 0 Å². The van der Waals surface area contributed by atoms with Gasteiger partial charge in [-0.1, -0.05) is 6.92 Å². The molecule has 15 heavy (non-hydrogen) atoms. The van der Waals surface area contributed by atoms with Gasteiger partial charge in [0.05, 0.1) is 37.4 Å². The van der Waals surface area contributed by atoms with E-state index in [-0.39, 0.29) is 5.92 Å². The first kappa shape index (κ1) is 11.3. The van der Waals surface area contributed by atoms with Crippen molar-refractivity contribution >= 4 is 0 Å². The molecule has 1 rings (SSSR count). The highest BCUT2D eigenvalue weighted by molar-refractivity contribution is 4.95. The fraction of sp³-hybridized carbons (Fsp3) is 0.545. The number of H-pyrrole nitrogens is 1. The number of aryl methyl sites for hydroxylation is 1. The van der Waals surface area contributed by atoms with Crippen LogP contribution in [0.15, 0.2) is 12.4 Å². The van der Waals surface area contributed by atoms with E-state index in [2.05, 4.69) is 22.5 Å². The molecule has 0 saturated carbocycles. The molecule has 0 aliphatic rings. The number of nitriles is 2. The topological polar surface area (TPSA) is 67.2 Å². The van der Waals surface area contributed by atoms with Gasteiger partial charge in [-0.3, -0.25) is 0 Å². The van der Waals surface area contributed by atoms with Crippen molar-refractivity contribution in [2.75, 3.05) is 0 Å². The number of nitrogens with zero attached hydrogens (tertiary/aromatic N) is 3. The summed E-state index contributed by atoms with van der Waals surface area (Å²) in [7, 11) is 0. The van der Waals surface area contributed by atoms with Crippen LogP contribution in [0.25, 0.3) is 0 Å². The molecule has 0 saturated heterocycles. The van der Waals surface area contributed by atoms with Crippen molar-refractivity contribution in [1.82, 2.24) is 4.98 Å². The van der Waals surface area contributed by atoms with E-state index in [0.29, 0.717) is 12.8 Å². The van der Waals surface area contributed by atoms with Crippen molar-refractivity contribution in [3.8, 4) is 12.1 Å². The van der Waals surface area contributed by atoms with Gasteiger partial charge in [0.25, 0.3) is 5.82 Å². The van der Waals surface area contributed by atoms with Gasteiger partial charge in [-0.25, -0.2) is 9.55 Å². The Balaban J connectivity index is 2.67. The highest BCUT2D eigenvalue weighted by atomic mass is 15.1. The monoisotopic (exact) mass is 203 g/mol. The lowest BCUT2D eigenvalue weighted by atomic mass is 10.0. The van der Waals surface area contributed by atoms with E-state index in [4.69, 9.17) is 10.5 Å². The predicted molar refractivity (Wildman–Crippen MR) is 54.3 cm³/mol. The average Bonchev–Trinajstić information content (AvgIpc) is 2.66. The second kappa shape index (κ2) is 5.82. The van der Waals surface area contributed by atoms with E-state index in [1.54, 1.807) is 0 Å². The molecule has 78 valence electrons. The summed E-state index contributed by atoms with van der Waals surface area (Å²) in [4.78, 5) is 3.12. The molecule has 1 aromatic rings. The number of aromatic amines is 1. The molecule has 1 unspecified atom stereocenters. The molecule has 4 nitrogen and oxygen atoms in total. The zero-order valence-electron chi connectivity index (χ0n) is 8.90. The van der Waals surface area contributed by atoms with Crippen LogP contribution < -0.4 is 4.57 Å². The SMILES string of the molecule is CCC[n+]1cc[nH]c1CC(C#N)CC#N. The number of rotatable bonds is 5. The zero-order chi connectivity index (χ0) is 11.1. The molecule has 0 bridgehead atoms. The van der Waals surface area contributed by atoms with Crippen LogP contribution in [0.4, 0.5) is 0 Å². The smallest absolute Gasteiger partial charge is 0.248 e. The lowest BCUT2D eigenvalue weighted by molar-refractivity contribution is -0.703. The van der Waals surface area contributed by atoms with E-state index < -0.39 is 0 Å². The standard InChI is InChI=1S/C11H14N4/c1-2-6-15-7-5-14-11(15)8-10(9-13)3-4-12/h5,7,10H,2-3,6,8H2,1H3/p+1. The Bertz CT molecular complexity index is 380. The molecule has 0 fully saturated rings. The van der Waals surface area contributed by atoms with Gasteiger partial charge in [-0.15, -0.1) is 0 Å². The van der Waals surface area contributed by atoms with Crippen LogP contribution >= 0.6 is 0 Å². The Labute approximate surface area is 89.8 Å². The number of aromatic nitrogens is 2. The Morgan fingerprint density at radius 2 is 2.33 bits per heavy atom. The maximum atomic E-state index is 8.85. The van der Waals surface area contributed by atoms with Crippen molar-refractivity contribution < 1.29 is 4.57 Å². The van der Waals surface area contributed by atoms with Gasteiger partial charge in [0.15, 0.2) is 0 Å². The van der Waals surface area contributed by atoms with Crippen molar-refractivity contribution in [2.24, 2.45) is 5.92 Å². The van der Waals surface area contributed by atoms with Crippen LogP contribution in [0.5, 0.6) is 0 Å². The Morgan fingerprint density at radius 3 is 2.93 bits per heavy atom. The summed E-state index contributed by atoms with van der Waals surface area (Å²) >= 11 is 0. The van der Waals surface area contributed by atoms with Crippen molar-refractivity contribution in [3.05, 3.63) is 18.2 Å². The second-order valence-corrected chi connectivity index (χ2v) is 3.49. The first-order valence-corrected chi connectivity index (χ1v) is 5.14. The minimum atomic E-state index is -0.211. The average molecular weight is 203 g/mol. The largest absolute Gasteiger partial charge is 0.255 e. The third-order valence-corrected chi connectivity index (χ3v) is 2.28. The van der Waals surface area contributed by atoms with Crippen LogP contribution in [0.3, 0.4) is 0 Å². The van der Waals surface area contributed by atoms with Crippen molar-refractivity contribution in [2.45, 2.75) is 32.7 Å². The van der Waals surface area contributed by atoms with Gasteiger partial charge < -0.3 is 0 Å². The molecule has 1 N–H and O–H groups in total. The fourth-order valence-corrected chi connectivity index (χ4v) is 1.53. The molecule has 0 aromatic carbocycles. The fourth-order valence-electron chi connectivity index (χ4n) is 1.53. The molecular formula is C11H15N4+. The molecule has 0 spiro atoms. The second-order valence-electron chi connectivity index (χ2n) is 3.49. The summed E-state index contributed by atoms with van der Waals surface area (Å²) in [6.07, 6.45) is 5.81. The van der Waals surface area contributed by atoms with E-state index in [1.807, 2.05) is 18.5 Å². The van der Waals surface area contributed by atoms with Crippen molar-refractivity contribution in [3.63, 3.8) is 0 Å². The lowest BCUT2D eigenvalue weighted by Gasteiger charge is -2.01. The van der Waals surface area contributed by atoms with Gasteiger partial charge in [-0.05, 0) is 6.42 Å². The summed E-state index contributed by atoms with van der Waals surface area (Å²) in [5.74, 6) is 0.815. The number of hydrogen-bond donors (Lipinski definition) is 1. The van der Waals surface area contributed by atoms with E-state index in [0.717, 1.165) is 18.8 Å². The number of imidazole rings is 1. The van der Waals surface area contributed by atoms with Gasteiger partial charge in [-0.2, -0.15) is 10.5 Å². The van der Waals surface area contributed by atoms with E-state index in [9.17, 15) is 0 Å². The Hall–Kier alpha value is -1.81. The molecule has 0 aliphatic carbocycles. The zero-order valence-corrected chi connectivity index (χ0v) is 8.90. The first-order chi connectivity index (χ1) is 7.31. The molecule has 1 atom stereocenters. The lowest BCUT2D eigenvalue weighted by Crippen LogP contribution is -2.36. The van der Waals surface area contributed by atoms with Crippen LogP contribution in [-0.4, -0.2) is 4.98 Å². The quantitative estimate of drug-likeness (QED) is 0.733. The third-order valence-electron chi connectivity index (χ3n) is 2.28. The maximum absolute atomic E-state index is 8.85. The van der Waals surface area contributed by atoms with Crippen LogP contribution in [0.1, 0.15) is 25.6 Å². The minimum Gasteiger partial charge on any atom is -0.248 e. The van der Waals surface area contributed by atoms with Gasteiger partial charge in [0.2, 0.25) is 0 Å². The molecule has 0 amide bonds. The third kappa shape index (κ3) is 3.11. The molecule has 0 radical (unpaired) electrons. The Morgan fingerprint density at radius 1 is 1.53 bits per heavy atom. The maximum Gasteiger partial charge on any atom is 0.255 e. The van der Waals surface area contributed by atoms with Crippen LogP contribution in [0, 0.1) is 28.6 Å². The first-order valence-electron chi connectivity index (χ1n) is 5.14. The highest BCUT2D eigenvalue weighted by Gasteiger charge is 2.16. The summed E-state index contributed by atoms with van der Waals surface area (Å²) in [5.41, 5.74) is 0. The molecular weight excluding hydrogens is 188 g/mol. The Kier molecular flexibility index (Phi) is 4.37. The minimum absolute atomic E-state index is 0.211. The predicted octanol–water partition coefficient (Wildman–Crippen LogP) is 1.31. The molecule has 1 aromatic heterocycles. The van der Waals surface area contributed by atoms with Gasteiger partial charge in [0.1, 0.15) is 12.4 Å². The van der Waals surface area contributed by atoms with Gasteiger partial charge in [0, 0.05) is 0 Å². The summed E-state index contributed by atoms with van der Waals surface area (Å²) in [5, 5.41) is 17.4. The molecule has 1 heterocycles. The normalized spacial score (nSPS) is 11.7. The van der Waals surface area contributed by atoms with E-state index >= 15 is 0 Å². The van der Waals surface area contributed by atoms with E-state index in [1.165, 1.54) is 0 Å². The van der Waals surface area contributed by atoms with Crippen LogP contribution in [-0.2, 0) is 13.0 Å². The summed E-state index contributed by atoms with van der Waals surface area (Å²) in [6.45, 7) is 3.06. The molecule has 4 heteroatoms. The number of nitrogens with one attached hydrogen (secondary N) is 1. The highest BCUT2D eigenvalue weighted by Crippen LogP contribution is 2.06.